The third-order valence-corrected chi connectivity index (χ3v) is 6.70. The van der Waals surface area contributed by atoms with E-state index in [1.165, 1.54) is 57.8 Å². The molecule has 1 aliphatic heterocycles. The van der Waals surface area contributed by atoms with Gasteiger partial charge < -0.3 is 35.6 Å². The van der Waals surface area contributed by atoms with Crippen LogP contribution in [0.1, 0.15) is 84.0 Å². The zero-order chi connectivity index (χ0) is 27.0. The van der Waals surface area contributed by atoms with Crippen molar-refractivity contribution < 1.29 is 76.6 Å². The van der Waals surface area contributed by atoms with Gasteiger partial charge >= 0.3 is 40.0 Å². The summed E-state index contributed by atoms with van der Waals surface area (Å²) < 4.78 is 45.6. The van der Waals surface area contributed by atoms with Crippen LogP contribution in [0.25, 0.3) is 0 Å². The summed E-state index contributed by atoms with van der Waals surface area (Å²) in [6, 6.07) is -0.908. The molecule has 1 fully saturated rings. The Morgan fingerprint density at radius 2 is 1.59 bits per heavy atom. The molecule has 0 bridgehead atoms. The van der Waals surface area contributed by atoms with Crippen molar-refractivity contribution in [2.24, 2.45) is 5.73 Å². The second-order valence-corrected chi connectivity index (χ2v) is 10.5. The van der Waals surface area contributed by atoms with Crippen molar-refractivity contribution in [3.63, 3.8) is 0 Å². The van der Waals surface area contributed by atoms with Crippen molar-refractivity contribution in [2.75, 3.05) is 13.2 Å². The molecule has 7 unspecified atom stereocenters. The summed E-state index contributed by atoms with van der Waals surface area (Å²) in [6.07, 6.45) is 8.15. The first-order valence-corrected chi connectivity index (χ1v) is 14.4. The molecule has 0 aliphatic carbocycles. The zero-order valence-corrected chi connectivity index (χ0v) is 25.1. The monoisotopic (exact) mass is 563 g/mol. The molecule has 0 amide bonds. The van der Waals surface area contributed by atoms with Crippen LogP contribution in [0, 0.1) is 0 Å². The summed E-state index contributed by atoms with van der Waals surface area (Å²) in [5, 5.41) is 41.9. The molecule has 7 atom stereocenters. The molecule has 1 saturated heterocycles. The molecule has 0 aromatic rings. The molecule has 0 spiro atoms. The van der Waals surface area contributed by atoms with Crippen LogP contribution in [0.5, 0.6) is 0 Å². The van der Waals surface area contributed by atoms with Gasteiger partial charge in [0.2, 0.25) is 0 Å². The summed E-state index contributed by atoms with van der Waals surface area (Å²) in [7, 11) is -5.04. The Hall–Kier alpha value is 0.330. The van der Waals surface area contributed by atoms with Crippen LogP contribution in [-0.2, 0) is 24.1 Å². The number of nitrogens with two attached hydrogens (primary N) is 1. The maximum absolute atomic E-state index is 12.4. The molecule has 0 radical (unpaired) electrons. The van der Waals surface area contributed by atoms with Gasteiger partial charge in [0.1, 0.15) is 24.6 Å². The summed E-state index contributed by atoms with van der Waals surface area (Å²) >= 11 is 0. The van der Waals surface area contributed by atoms with Crippen LogP contribution in [0.15, 0.2) is 12.2 Å². The van der Waals surface area contributed by atoms with E-state index in [2.05, 4.69) is 11.1 Å². The van der Waals surface area contributed by atoms with Crippen molar-refractivity contribution in [3.05, 3.63) is 12.2 Å². The molecule has 0 aromatic carbocycles. The largest absolute Gasteiger partial charge is 1.00 e. The quantitative estimate of drug-likeness (QED) is 0.0474. The van der Waals surface area contributed by atoms with E-state index >= 15 is 0 Å². The zero-order valence-electron chi connectivity index (χ0n) is 22.3. The number of unbranched alkanes of at least 4 members (excludes halogenated alkanes) is 11. The van der Waals surface area contributed by atoms with Gasteiger partial charge in [0.15, 0.2) is 0 Å². The van der Waals surface area contributed by atoms with Crippen molar-refractivity contribution in [3.8, 4) is 0 Å². The SMILES string of the molecule is CCCCCCCCCCCCC/C=C/C(O)C(N)COC1OC(CO)C(O)C(OS(=O)(=O)O)C1[O-].[Na+]. The number of ether oxygens (including phenoxy) is 2. The van der Waals surface area contributed by atoms with E-state index in [-0.39, 0.29) is 36.2 Å². The van der Waals surface area contributed by atoms with Crippen molar-refractivity contribution in [1.82, 2.24) is 0 Å². The van der Waals surface area contributed by atoms with E-state index in [9.17, 15) is 28.8 Å². The Balaban J connectivity index is 0.0000130. The summed E-state index contributed by atoms with van der Waals surface area (Å²) in [4.78, 5) is 0. The van der Waals surface area contributed by atoms with Crippen LogP contribution < -0.4 is 40.4 Å². The van der Waals surface area contributed by atoms with Gasteiger partial charge in [0, 0.05) is 0 Å². The average Bonchev–Trinajstić information content (AvgIpc) is 2.83. The van der Waals surface area contributed by atoms with Gasteiger partial charge in [-0.2, -0.15) is 8.42 Å². The minimum absolute atomic E-state index is 0. The van der Waals surface area contributed by atoms with Crippen LogP contribution in [0.3, 0.4) is 0 Å². The van der Waals surface area contributed by atoms with Crippen LogP contribution >= 0.6 is 0 Å². The molecule has 1 rings (SSSR count). The van der Waals surface area contributed by atoms with Gasteiger partial charge in [0.05, 0.1) is 25.4 Å². The molecule has 11 nitrogen and oxygen atoms in total. The van der Waals surface area contributed by atoms with Gasteiger partial charge in [0.25, 0.3) is 0 Å². The first-order chi connectivity index (χ1) is 17.1. The Bertz CT molecular complexity index is 699. The molecule has 1 aliphatic rings. The smallest absolute Gasteiger partial charge is 0.846 e. The molecular formula is C24H46NNaO10S. The van der Waals surface area contributed by atoms with E-state index in [0.29, 0.717) is 0 Å². The van der Waals surface area contributed by atoms with Crippen molar-refractivity contribution in [1.29, 1.82) is 0 Å². The standard InChI is InChI=1S/C24H46NO10S.Na/c1-2-3-4-5-6-7-8-9-10-11-12-13-14-15-19(27)18(25)17-33-24-22(29)23(35-36(30,31)32)21(28)20(16-26)34-24;/h14-15,18-24,26-28H,2-13,16-17,25H2,1H3,(H,30,31,32);/q-1;+1/b15-14+;. The molecule has 37 heavy (non-hydrogen) atoms. The fraction of sp³-hybridized carbons (Fsp3) is 0.917. The molecule has 0 saturated carbocycles. The van der Waals surface area contributed by atoms with E-state index in [1.54, 1.807) is 6.08 Å². The molecule has 6 N–H and O–H groups in total. The van der Waals surface area contributed by atoms with Crippen LogP contribution in [0.4, 0.5) is 0 Å². The molecule has 1 heterocycles. The third-order valence-electron chi connectivity index (χ3n) is 6.23. The van der Waals surface area contributed by atoms with Crippen LogP contribution in [0.2, 0.25) is 0 Å². The molecule has 0 aromatic heterocycles. The van der Waals surface area contributed by atoms with Crippen molar-refractivity contribution >= 4 is 10.4 Å². The maximum Gasteiger partial charge on any atom is 1.00 e. The number of hydrogen-bond donors (Lipinski definition) is 5. The van der Waals surface area contributed by atoms with Gasteiger partial charge in [-0.1, -0.05) is 83.3 Å². The van der Waals surface area contributed by atoms with Gasteiger partial charge in [-0.3, -0.25) is 4.55 Å². The van der Waals surface area contributed by atoms with Gasteiger partial charge in [-0.25, -0.2) is 4.18 Å². The fourth-order valence-electron chi connectivity index (χ4n) is 4.04. The summed E-state index contributed by atoms with van der Waals surface area (Å²) in [5.41, 5.74) is 5.91. The maximum atomic E-state index is 12.4. The van der Waals surface area contributed by atoms with E-state index in [4.69, 9.17) is 19.8 Å². The minimum atomic E-state index is -5.04. The van der Waals surface area contributed by atoms with Crippen molar-refractivity contribution in [2.45, 2.75) is 127 Å². The molecular weight excluding hydrogens is 517 g/mol. The second-order valence-electron chi connectivity index (χ2n) is 9.41. The number of aliphatic hydroxyl groups excluding tert-OH is 3. The first kappa shape index (κ1) is 37.3. The van der Waals surface area contributed by atoms with Gasteiger partial charge in [-0.15, -0.1) is 0 Å². The Labute approximate surface area is 244 Å². The van der Waals surface area contributed by atoms with Gasteiger partial charge in [-0.05, 0) is 18.9 Å². The fourth-order valence-corrected chi connectivity index (χ4v) is 4.54. The van der Waals surface area contributed by atoms with E-state index < -0.39 is 59.9 Å². The predicted molar refractivity (Wildman–Crippen MR) is 132 cm³/mol. The second kappa shape index (κ2) is 21.1. The summed E-state index contributed by atoms with van der Waals surface area (Å²) in [6.45, 7) is 1.15. The third kappa shape index (κ3) is 16.3. The minimum Gasteiger partial charge on any atom is -0.846 e. The molecule has 13 heteroatoms. The number of allylic oxidation sites excluding steroid dienone is 1. The Kier molecular flexibility index (Phi) is 21.3. The first-order valence-electron chi connectivity index (χ1n) is 13.1. The number of hydrogen-bond acceptors (Lipinski definition) is 10. The average molecular weight is 564 g/mol. The van der Waals surface area contributed by atoms with Crippen LogP contribution in [-0.4, -0.2) is 84.4 Å². The predicted octanol–water partition coefficient (Wildman–Crippen LogP) is -2.05. The molecule has 214 valence electrons. The topological polar surface area (TPSA) is 192 Å². The van der Waals surface area contributed by atoms with E-state index in [1.807, 2.05) is 6.08 Å². The number of rotatable bonds is 20. The Morgan fingerprint density at radius 1 is 1.05 bits per heavy atom. The normalized spacial score (nSPS) is 26.2. The van der Waals surface area contributed by atoms with E-state index in [0.717, 1.165) is 19.3 Å². The number of aliphatic hydroxyl groups is 3. The summed E-state index contributed by atoms with van der Waals surface area (Å²) in [5.74, 6) is 0. The Morgan fingerprint density at radius 3 is 2.11 bits per heavy atom.